The van der Waals surface area contributed by atoms with Crippen LogP contribution >= 0.6 is 24.8 Å². The van der Waals surface area contributed by atoms with Gasteiger partial charge in [-0.25, -0.2) is 0 Å². The molecule has 0 nitrogen and oxygen atoms in total. The second-order valence-electron chi connectivity index (χ2n) is 12.4. The Morgan fingerprint density at radius 2 is 0.959 bits per heavy atom. The van der Waals surface area contributed by atoms with Crippen LogP contribution in [0.25, 0.3) is 54.9 Å². The molecule has 49 heavy (non-hydrogen) atoms. The van der Waals surface area contributed by atoms with Crippen molar-refractivity contribution in [3.63, 3.8) is 0 Å². The van der Waals surface area contributed by atoms with Crippen molar-refractivity contribution >= 4 is 53.2 Å². The second-order valence-corrected chi connectivity index (χ2v) is 12.4. The number of rotatable bonds is 4. The zero-order chi connectivity index (χ0) is 32.1. The molecule has 7 rings (SSSR count). The van der Waals surface area contributed by atoms with E-state index in [0.29, 0.717) is 5.92 Å². The van der Waals surface area contributed by atoms with E-state index in [0.717, 1.165) is 0 Å². The van der Waals surface area contributed by atoms with Crippen molar-refractivity contribution in [1.82, 2.24) is 0 Å². The molecule has 0 unspecified atom stereocenters. The van der Waals surface area contributed by atoms with Gasteiger partial charge in [-0.05, 0) is 43.4 Å². The van der Waals surface area contributed by atoms with E-state index in [2.05, 4.69) is 176 Å². The fraction of sp³-hybridized carbons (Fsp3) is 0.156. The van der Waals surface area contributed by atoms with Crippen molar-refractivity contribution in [2.45, 2.75) is 47.5 Å². The summed E-state index contributed by atoms with van der Waals surface area (Å²) in [6.45, 7) is 16.1. The molecule has 0 bridgehead atoms. The van der Waals surface area contributed by atoms with Crippen LogP contribution in [-0.4, -0.2) is 6.88 Å². The number of benzene rings is 5. The van der Waals surface area contributed by atoms with Crippen LogP contribution in [0.4, 0.5) is 0 Å². The van der Waals surface area contributed by atoms with Gasteiger partial charge in [-0.2, -0.15) is 12.1 Å². The Morgan fingerprint density at radius 1 is 0.490 bits per heavy atom. The van der Waals surface area contributed by atoms with Crippen LogP contribution in [0.5, 0.6) is 0 Å². The summed E-state index contributed by atoms with van der Waals surface area (Å²) in [6.07, 6.45) is 0. The average molecular weight is 779 g/mol. The minimum absolute atomic E-state index is 0. The molecule has 0 aliphatic rings. The molecule has 0 spiro atoms. The first-order valence-electron chi connectivity index (χ1n) is 15.6. The number of fused-ring (bicyclic) bond motifs is 2. The van der Waals surface area contributed by atoms with Gasteiger partial charge in [0, 0.05) is 0 Å². The van der Waals surface area contributed by atoms with Gasteiger partial charge in [0.2, 0.25) is 0 Å². The van der Waals surface area contributed by atoms with Crippen molar-refractivity contribution < 1.29 is 23.3 Å². The van der Waals surface area contributed by atoms with Gasteiger partial charge >= 0.3 is 30.2 Å². The quantitative estimate of drug-likeness (QED) is 0.123. The molecular formula is C45H48Cl2SiZr-4. The van der Waals surface area contributed by atoms with Gasteiger partial charge < -0.3 is 14.9 Å². The number of hydrogen-bond donors (Lipinski definition) is 0. The monoisotopic (exact) mass is 776 g/mol. The summed E-state index contributed by atoms with van der Waals surface area (Å²) in [5.74, 6) is 0.582. The molecule has 0 atom stereocenters. The predicted molar refractivity (Wildman–Crippen MR) is 222 cm³/mol. The summed E-state index contributed by atoms with van der Waals surface area (Å²) < 4.78 is 0. The Hall–Kier alpha value is -3.00. The Labute approximate surface area is 325 Å². The molecule has 0 heterocycles. The van der Waals surface area contributed by atoms with E-state index >= 15 is 0 Å². The Kier molecular flexibility index (Phi) is 18.0. The molecule has 2 radical (unpaired) electrons. The van der Waals surface area contributed by atoms with Crippen LogP contribution in [0.15, 0.2) is 127 Å². The van der Waals surface area contributed by atoms with E-state index in [-0.39, 0.29) is 39.7 Å². The first-order chi connectivity index (χ1) is 21.7. The van der Waals surface area contributed by atoms with Gasteiger partial charge in [0.25, 0.3) is 0 Å². The van der Waals surface area contributed by atoms with E-state index in [1.54, 1.807) is 0 Å². The van der Waals surface area contributed by atoms with Crippen molar-refractivity contribution in [3.8, 4) is 33.4 Å². The Balaban J connectivity index is 0.000000441. The molecule has 7 aromatic carbocycles. The molecule has 0 fully saturated rings. The fourth-order valence-electron chi connectivity index (χ4n) is 5.93. The van der Waals surface area contributed by atoms with Crippen molar-refractivity contribution in [1.29, 1.82) is 0 Å². The Morgan fingerprint density at radius 3 is 1.47 bits per heavy atom. The number of aryl methyl sites for hydroxylation is 4. The maximum absolute atomic E-state index is 3.06. The molecule has 0 aliphatic carbocycles. The molecule has 7 aromatic rings. The summed E-state index contributed by atoms with van der Waals surface area (Å²) in [5.41, 5.74) is 14.4. The molecule has 0 aromatic heterocycles. The SMILES string of the molecule is Cc1ccc(-c2cc(-c3ccc(C)cc3)c3cc(C)[cH-]c3c2)cc1.Cc1ccc(-c2cccc3[cH-]c(C(C)C)cc23)cc1.Cl.Cl.[CH3-].[CH3-].[Si]=[Zr]. The van der Waals surface area contributed by atoms with Crippen LogP contribution in [0.1, 0.15) is 47.6 Å². The summed E-state index contributed by atoms with van der Waals surface area (Å²) in [4.78, 5) is 0. The number of hydrogen-bond acceptors (Lipinski definition) is 0. The number of halogens is 2. The standard InChI is InChI=1S/C24H21.C19H19.2CH3.2ClH.Si.Zr/c1-16-4-8-19(9-5-16)21-14-22-12-18(3)13-23(22)24(15-21)20-10-6-17(2)7-11-20;1-13(2)17-11-16-5-4-6-18(19(16)12-17)15-9-7-14(3)8-10-15;;;;;;/h4-15H,1-3H3;4-13H,1-3H3;2*1H3;2*1H;;/q4*-1;;;;. The molecule has 4 heteroatoms. The predicted octanol–water partition coefficient (Wildman–Crippen LogP) is 13.8. The van der Waals surface area contributed by atoms with Crippen LogP contribution in [0.3, 0.4) is 0 Å². The van der Waals surface area contributed by atoms with Gasteiger partial charge in [0.05, 0.1) is 0 Å². The van der Waals surface area contributed by atoms with Gasteiger partial charge in [0.1, 0.15) is 0 Å². The molecule has 254 valence electrons. The summed E-state index contributed by atoms with van der Waals surface area (Å²) in [5, 5.41) is 5.38. The van der Waals surface area contributed by atoms with Gasteiger partial charge in [-0.3, -0.25) is 0 Å². The van der Waals surface area contributed by atoms with Crippen LogP contribution in [-0.2, 0) is 23.3 Å². The van der Waals surface area contributed by atoms with E-state index in [1.165, 1.54) is 106 Å². The van der Waals surface area contributed by atoms with Gasteiger partial charge in [-0.15, -0.1) is 87.8 Å². The van der Waals surface area contributed by atoms with E-state index < -0.39 is 0 Å². The van der Waals surface area contributed by atoms with Crippen molar-refractivity contribution in [3.05, 3.63) is 170 Å². The Bertz CT molecular complexity index is 2030. The summed E-state index contributed by atoms with van der Waals surface area (Å²) in [7, 11) is 0. The first kappa shape index (κ1) is 44.0. The zero-order valence-electron chi connectivity index (χ0n) is 30.0. The third-order valence-electron chi connectivity index (χ3n) is 8.52. The third kappa shape index (κ3) is 10.5. The maximum atomic E-state index is 3.06. The van der Waals surface area contributed by atoms with Crippen LogP contribution in [0.2, 0.25) is 0 Å². The normalized spacial score (nSPS) is 9.92. The third-order valence-corrected chi connectivity index (χ3v) is 8.52. The molecule has 0 amide bonds. The summed E-state index contributed by atoms with van der Waals surface area (Å²) >= 11 is 1.36. The van der Waals surface area contributed by atoms with E-state index in [1.807, 2.05) is 0 Å². The van der Waals surface area contributed by atoms with Crippen LogP contribution < -0.4 is 0 Å². The average Bonchev–Trinajstić information content (AvgIpc) is 3.66. The topological polar surface area (TPSA) is 0 Å². The molecule has 0 N–H and O–H groups in total. The molecular weight excluding hydrogens is 731 g/mol. The zero-order valence-corrected chi connectivity index (χ0v) is 35.1. The first-order valence-corrected chi connectivity index (χ1v) is 19.8. The van der Waals surface area contributed by atoms with Crippen molar-refractivity contribution in [2.75, 3.05) is 0 Å². The summed E-state index contributed by atoms with van der Waals surface area (Å²) in [6, 6.07) is 46.9. The molecule has 0 saturated carbocycles. The van der Waals surface area contributed by atoms with Crippen LogP contribution in [0, 0.1) is 42.5 Å². The van der Waals surface area contributed by atoms with Crippen molar-refractivity contribution in [2.24, 2.45) is 0 Å². The molecule has 0 aliphatic heterocycles. The fourth-order valence-corrected chi connectivity index (χ4v) is 5.93. The van der Waals surface area contributed by atoms with E-state index in [4.69, 9.17) is 0 Å². The second kappa shape index (κ2) is 20.0. The van der Waals surface area contributed by atoms with Gasteiger partial charge in [0.15, 0.2) is 0 Å². The molecule has 0 saturated heterocycles. The minimum atomic E-state index is 0. The van der Waals surface area contributed by atoms with E-state index in [9.17, 15) is 0 Å². The van der Waals surface area contributed by atoms with Gasteiger partial charge in [-0.1, -0.05) is 139 Å².